The van der Waals surface area contributed by atoms with E-state index in [1.807, 2.05) is 24.3 Å². The number of hydrogen-bond acceptors (Lipinski definition) is 4. The zero-order valence-corrected chi connectivity index (χ0v) is 12.1. The molecular formula is C17H11ClN2O2. The van der Waals surface area contributed by atoms with Crippen molar-refractivity contribution in [3.05, 3.63) is 59.8 Å². The van der Waals surface area contributed by atoms with Gasteiger partial charge in [-0.25, -0.2) is 4.98 Å². The maximum atomic E-state index is 9.40. The zero-order chi connectivity index (χ0) is 15.1. The smallest absolute Gasteiger partial charge is 0.230 e. The van der Waals surface area contributed by atoms with Gasteiger partial charge < -0.3 is 14.8 Å². The van der Waals surface area contributed by atoms with E-state index in [-0.39, 0.29) is 5.75 Å². The molecule has 2 heterocycles. The maximum absolute atomic E-state index is 9.40. The second kappa shape index (κ2) is 4.93. The van der Waals surface area contributed by atoms with Gasteiger partial charge in [-0.05, 0) is 30.3 Å². The topological polar surface area (TPSA) is 58.3 Å². The van der Waals surface area contributed by atoms with Gasteiger partial charge in [0, 0.05) is 11.1 Å². The fourth-order valence-electron chi connectivity index (χ4n) is 2.48. The highest BCUT2D eigenvalue weighted by Crippen LogP contribution is 2.38. The monoisotopic (exact) mass is 310 g/mol. The summed E-state index contributed by atoms with van der Waals surface area (Å²) in [6, 6.07) is 14.6. The summed E-state index contributed by atoms with van der Waals surface area (Å²) < 4.78 is 5.43. The highest BCUT2D eigenvalue weighted by molar-refractivity contribution is 6.37. The Morgan fingerprint density at radius 3 is 2.64 bits per heavy atom. The van der Waals surface area contributed by atoms with Crippen molar-refractivity contribution in [2.75, 3.05) is 5.32 Å². The Kier molecular flexibility index (Phi) is 2.91. The van der Waals surface area contributed by atoms with Crippen LogP contribution in [0.15, 0.2) is 59.2 Å². The number of benzene rings is 2. The van der Waals surface area contributed by atoms with Crippen LogP contribution < -0.4 is 5.32 Å². The molecule has 0 spiro atoms. The summed E-state index contributed by atoms with van der Waals surface area (Å²) in [5.41, 5.74) is 2.99. The summed E-state index contributed by atoms with van der Waals surface area (Å²) in [7, 11) is 0. The number of para-hydroxylation sites is 1. The Morgan fingerprint density at radius 1 is 1.05 bits per heavy atom. The van der Waals surface area contributed by atoms with Gasteiger partial charge in [-0.15, -0.1) is 0 Å². The van der Waals surface area contributed by atoms with Gasteiger partial charge in [-0.3, -0.25) is 0 Å². The number of fused-ring (bicyclic) bond motifs is 2. The number of pyridine rings is 1. The summed E-state index contributed by atoms with van der Waals surface area (Å²) >= 11 is 6.26. The molecule has 0 amide bonds. The Labute approximate surface area is 131 Å². The molecule has 4 rings (SSSR count). The Morgan fingerprint density at radius 2 is 1.82 bits per heavy atom. The van der Waals surface area contributed by atoms with Crippen LogP contribution in [0, 0.1) is 0 Å². The van der Waals surface area contributed by atoms with Crippen molar-refractivity contribution in [1.29, 1.82) is 0 Å². The summed E-state index contributed by atoms with van der Waals surface area (Å²) in [6.45, 7) is 0. The molecule has 4 aromatic rings. The van der Waals surface area contributed by atoms with E-state index < -0.39 is 0 Å². The molecule has 0 radical (unpaired) electrons. The molecule has 4 nitrogen and oxygen atoms in total. The van der Waals surface area contributed by atoms with Crippen molar-refractivity contribution in [2.45, 2.75) is 0 Å². The number of aromatic nitrogens is 1. The van der Waals surface area contributed by atoms with Crippen LogP contribution in [0.5, 0.6) is 5.75 Å². The minimum atomic E-state index is 0.219. The van der Waals surface area contributed by atoms with Crippen LogP contribution in [0.2, 0.25) is 5.02 Å². The standard InChI is InChI=1S/C17H11ClN2O2/c18-13-9-22-17-15(13)16(12-3-1-2-4-14(12)20-17)19-10-5-7-11(21)8-6-10/h1-9,21H,(H,19,20). The fourth-order valence-corrected chi connectivity index (χ4v) is 2.70. The highest BCUT2D eigenvalue weighted by Gasteiger charge is 2.15. The molecule has 0 atom stereocenters. The van der Waals surface area contributed by atoms with Crippen LogP contribution in [0.3, 0.4) is 0 Å². The average molecular weight is 311 g/mol. The van der Waals surface area contributed by atoms with Crippen molar-refractivity contribution in [2.24, 2.45) is 0 Å². The molecule has 22 heavy (non-hydrogen) atoms. The van der Waals surface area contributed by atoms with Crippen molar-refractivity contribution in [3.63, 3.8) is 0 Å². The van der Waals surface area contributed by atoms with E-state index in [9.17, 15) is 5.11 Å². The molecule has 0 aliphatic heterocycles. The number of furan rings is 1. The number of rotatable bonds is 2. The summed E-state index contributed by atoms with van der Waals surface area (Å²) in [5, 5.41) is 15.0. The van der Waals surface area contributed by atoms with Crippen LogP contribution in [0.25, 0.3) is 22.0 Å². The third-order valence-corrected chi connectivity index (χ3v) is 3.79. The summed E-state index contributed by atoms with van der Waals surface area (Å²) in [4.78, 5) is 4.48. The second-order valence-corrected chi connectivity index (χ2v) is 5.35. The fraction of sp³-hybridized carbons (Fsp3) is 0. The highest BCUT2D eigenvalue weighted by atomic mass is 35.5. The van der Waals surface area contributed by atoms with E-state index in [0.717, 1.165) is 27.7 Å². The number of anilines is 2. The molecular weight excluding hydrogens is 300 g/mol. The maximum Gasteiger partial charge on any atom is 0.230 e. The van der Waals surface area contributed by atoms with Crippen LogP contribution in [-0.2, 0) is 0 Å². The third kappa shape index (κ3) is 2.05. The molecule has 108 valence electrons. The molecule has 0 aliphatic rings. The molecule has 0 aliphatic carbocycles. The Balaban J connectivity index is 1.99. The van der Waals surface area contributed by atoms with E-state index in [2.05, 4.69) is 10.3 Å². The number of aromatic hydroxyl groups is 1. The van der Waals surface area contributed by atoms with E-state index in [1.54, 1.807) is 24.3 Å². The lowest BCUT2D eigenvalue weighted by molar-refractivity contribution is 0.475. The number of halogens is 1. The van der Waals surface area contributed by atoms with Gasteiger partial charge in [0.15, 0.2) is 0 Å². The van der Waals surface area contributed by atoms with Crippen molar-refractivity contribution in [1.82, 2.24) is 4.98 Å². The number of phenolic OH excluding ortho intramolecular Hbond substituents is 1. The predicted octanol–water partition coefficient (Wildman–Crippen LogP) is 5.08. The first-order valence-corrected chi connectivity index (χ1v) is 7.11. The molecule has 5 heteroatoms. The number of hydrogen-bond donors (Lipinski definition) is 2. The lowest BCUT2D eigenvalue weighted by Gasteiger charge is -2.11. The van der Waals surface area contributed by atoms with E-state index in [1.165, 1.54) is 6.26 Å². The van der Waals surface area contributed by atoms with Crippen LogP contribution in [0.4, 0.5) is 11.4 Å². The third-order valence-electron chi connectivity index (χ3n) is 3.51. The SMILES string of the molecule is Oc1ccc(Nc2c3ccccc3nc3occ(Cl)c23)cc1. The van der Waals surface area contributed by atoms with Crippen LogP contribution in [0.1, 0.15) is 0 Å². The van der Waals surface area contributed by atoms with Gasteiger partial charge in [0.1, 0.15) is 12.0 Å². The van der Waals surface area contributed by atoms with Gasteiger partial charge >= 0.3 is 0 Å². The lowest BCUT2D eigenvalue weighted by atomic mass is 10.1. The summed E-state index contributed by atoms with van der Waals surface area (Å²) in [6.07, 6.45) is 1.49. The van der Waals surface area contributed by atoms with Crippen molar-refractivity contribution < 1.29 is 9.52 Å². The first kappa shape index (κ1) is 13.0. The van der Waals surface area contributed by atoms with Gasteiger partial charge in [-0.2, -0.15) is 0 Å². The number of phenols is 1. The van der Waals surface area contributed by atoms with E-state index >= 15 is 0 Å². The largest absolute Gasteiger partial charge is 0.508 e. The lowest BCUT2D eigenvalue weighted by Crippen LogP contribution is -1.94. The normalized spacial score (nSPS) is 11.1. The van der Waals surface area contributed by atoms with Gasteiger partial charge in [0.05, 0.1) is 21.6 Å². The Hall–Kier alpha value is -2.72. The molecule has 2 aromatic carbocycles. The minimum Gasteiger partial charge on any atom is -0.508 e. The Bertz CT molecular complexity index is 977. The molecule has 2 N–H and O–H groups in total. The van der Waals surface area contributed by atoms with Crippen LogP contribution >= 0.6 is 11.6 Å². The average Bonchev–Trinajstić information content (AvgIpc) is 2.90. The molecule has 0 saturated heterocycles. The molecule has 0 bridgehead atoms. The van der Waals surface area contributed by atoms with Crippen LogP contribution in [-0.4, -0.2) is 10.1 Å². The van der Waals surface area contributed by atoms with Gasteiger partial charge in [0.25, 0.3) is 0 Å². The van der Waals surface area contributed by atoms with Crippen molar-refractivity contribution >= 4 is 45.0 Å². The quantitative estimate of drug-likeness (QED) is 0.507. The van der Waals surface area contributed by atoms with E-state index in [4.69, 9.17) is 16.0 Å². The molecule has 0 unspecified atom stereocenters. The van der Waals surface area contributed by atoms with Gasteiger partial charge in [0.2, 0.25) is 5.71 Å². The predicted molar refractivity (Wildman–Crippen MR) is 87.9 cm³/mol. The number of nitrogens with zero attached hydrogens (tertiary/aromatic N) is 1. The van der Waals surface area contributed by atoms with Gasteiger partial charge in [-0.1, -0.05) is 29.8 Å². The molecule has 0 saturated carbocycles. The molecule has 2 aromatic heterocycles. The van der Waals surface area contributed by atoms with E-state index in [0.29, 0.717) is 10.7 Å². The minimum absolute atomic E-state index is 0.219. The first-order valence-electron chi connectivity index (χ1n) is 6.74. The first-order chi connectivity index (χ1) is 10.7. The zero-order valence-electron chi connectivity index (χ0n) is 11.4. The summed E-state index contributed by atoms with van der Waals surface area (Å²) in [5.74, 6) is 0.219. The second-order valence-electron chi connectivity index (χ2n) is 4.94. The molecule has 0 fully saturated rings. The van der Waals surface area contributed by atoms with Crippen molar-refractivity contribution in [3.8, 4) is 5.75 Å². The number of nitrogens with one attached hydrogen (secondary N) is 1.